The number of amides is 2. The number of benzene rings is 2. The molecule has 3 rings (SSSR count). The number of hydrogen-bond acceptors (Lipinski definition) is 6. The number of rotatable bonds is 5. The largest absolute Gasteiger partial charge is 0.462 e. The molecule has 2 amide bonds. The van der Waals surface area contributed by atoms with Crippen LogP contribution in [0.25, 0.3) is 0 Å². The molecule has 1 unspecified atom stereocenters. The summed E-state index contributed by atoms with van der Waals surface area (Å²) < 4.78 is 5.87. The van der Waals surface area contributed by atoms with Crippen LogP contribution in [0.3, 0.4) is 0 Å². The number of ether oxygens (including phenoxy) is 1. The normalized spacial score (nSPS) is 17.7. The van der Waals surface area contributed by atoms with Gasteiger partial charge >= 0.3 is 5.97 Å². The predicted octanol–water partition coefficient (Wildman–Crippen LogP) is 4.22. The van der Waals surface area contributed by atoms with E-state index >= 15 is 0 Å². The number of amidine groups is 1. The highest BCUT2D eigenvalue weighted by Gasteiger charge is 2.34. The third kappa shape index (κ3) is 5.48. The minimum Gasteiger partial charge on any atom is -0.462 e. The molecule has 0 spiro atoms. The monoisotopic (exact) mass is 489 g/mol. The van der Waals surface area contributed by atoms with Gasteiger partial charge in [-0.25, -0.2) is 9.79 Å². The van der Waals surface area contributed by atoms with E-state index in [9.17, 15) is 14.4 Å². The van der Waals surface area contributed by atoms with Gasteiger partial charge in [0.15, 0.2) is 5.17 Å². The Balaban J connectivity index is 1.70. The third-order valence-corrected chi connectivity index (χ3v) is 6.05. The minimum atomic E-state index is -0.604. The molecule has 0 aliphatic carbocycles. The van der Waals surface area contributed by atoms with Crippen LogP contribution in [0.5, 0.6) is 0 Å². The molecule has 1 fully saturated rings. The summed E-state index contributed by atoms with van der Waals surface area (Å²) in [5.41, 5.74) is 1.63. The van der Waals surface area contributed by atoms with Crippen LogP contribution in [-0.4, -0.2) is 46.8 Å². The van der Waals surface area contributed by atoms with Gasteiger partial charge < -0.3 is 10.1 Å². The van der Waals surface area contributed by atoms with Crippen LogP contribution < -0.4 is 5.32 Å². The standard InChI is InChI=1S/C21H20BrN3O4S/c1-3-29-20(28)13-4-8-15(9-5-13)23-19(27)17-12-18(26)25(2)21(30-17)24-16-10-6-14(22)7-11-16/h4-11,17H,3,12H2,1-2H3,(H,23,27). The number of aliphatic imine (C=N–C) groups is 1. The fourth-order valence-electron chi connectivity index (χ4n) is 2.65. The Labute approximate surface area is 187 Å². The van der Waals surface area contributed by atoms with Crippen molar-refractivity contribution in [3.8, 4) is 0 Å². The Hall–Kier alpha value is -2.65. The first-order valence-electron chi connectivity index (χ1n) is 9.23. The van der Waals surface area contributed by atoms with Gasteiger partial charge in [0.05, 0.1) is 17.9 Å². The molecule has 2 aromatic rings. The molecule has 0 bridgehead atoms. The summed E-state index contributed by atoms with van der Waals surface area (Å²) in [6.07, 6.45) is 0.0767. The Morgan fingerprint density at radius 3 is 2.50 bits per heavy atom. The van der Waals surface area contributed by atoms with Crippen molar-refractivity contribution >= 4 is 62.0 Å². The second kappa shape index (κ2) is 9.90. The highest BCUT2D eigenvalue weighted by atomic mass is 79.9. The summed E-state index contributed by atoms with van der Waals surface area (Å²) in [6, 6.07) is 13.8. The topological polar surface area (TPSA) is 88.1 Å². The van der Waals surface area contributed by atoms with Gasteiger partial charge in [0.2, 0.25) is 11.8 Å². The van der Waals surface area contributed by atoms with Gasteiger partial charge in [0, 0.05) is 23.6 Å². The van der Waals surface area contributed by atoms with Gasteiger partial charge in [-0.1, -0.05) is 27.7 Å². The van der Waals surface area contributed by atoms with Crippen LogP contribution in [0.2, 0.25) is 0 Å². The zero-order valence-corrected chi connectivity index (χ0v) is 18.8. The molecule has 1 atom stereocenters. The first kappa shape index (κ1) is 22.0. The van der Waals surface area contributed by atoms with Crippen LogP contribution >= 0.6 is 27.7 Å². The molecule has 1 N–H and O–H groups in total. The number of anilines is 1. The second-order valence-electron chi connectivity index (χ2n) is 6.42. The number of hydrogen-bond donors (Lipinski definition) is 1. The average molecular weight is 490 g/mol. The fraction of sp³-hybridized carbons (Fsp3) is 0.238. The van der Waals surface area contributed by atoms with E-state index in [1.807, 2.05) is 24.3 Å². The second-order valence-corrected chi connectivity index (χ2v) is 8.51. The first-order valence-corrected chi connectivity index (χ1v) is 10.9. The number of esters is 1. The lowest BCUT2D eigenvalue weighted by atomic mass is 10.2. The molecular formula is C21H20BrN3O4S. The molecule has 9 heteroatoms. The van der Waals surface area contributed by atoms with E-state index in [4.69, 9.17) is 4.74 Å². The van der Waals surface area contributed by atoms with Gasteiger partial charge in [-0.3, -0.25) is 14.5 Å². The van der Waals surface area contributed by atoms with Crippen molar-refractivity contribution < 1.29 is 19.1 Å². The maximum absolute atomic E-state index is 12.7. The van der Waals surface area contributed by atoms with Gasteiger partial charge in [-0.05, 0) is 55.5 Å². The number of halogens is 1. The molecule has 1 aliphatic heterocycles. The van der Waals surface area contributed by atoms with Crippen molar-refractivity contribution in [2.75, 3.05) is 19.0 Å². The van der Waals surface area contributed by atoms with Gasteiger partial charge in [-0.15, -0.1) is 0 Å². The average Bonchev–Trinajstić information content (AvgIpc) is 2.73. The zero-order chi connectivity index (χ0) is 21.7. The molecule has 1 saturated heterocycles. The molecule has 1 aliphatic rings. The van der Waals surface area contributed by atoms with Crippen LogP contribution in [0, 0.1) is 0 Å². The predicted molar refractivity (Wildman–Crippen MR) is 121 cm³/mol. The smallest absolute Gasteiger partial charge is 0.338 e. The maximum Gasteiger partial charge on any atom is 0.338 e. The number of thioether (sulfide) groups is 1. The Kier molecular flexibility index (Phi) is 7.28. The summed E-state index contributed by atoms with van der Waals surface area (Å²) in [5.74, 6) is -0.892. The third-order valence-electron chi connectivity index (χ3n) is 4.28. The molecule has 0 saturated carbocycles. The summed E-state index contributed by atoms with van der Waals surface area (Å²) in [6.45, 7) is 2.03. The Morgan fingerprint density at radius 2 is 1.87 bits per heavy atom. The van der Waals surface area contributed by atoms with Crippen molar-refractivity contribution in [1.82, 2.24) is 4.90 Å². The summed E-state index contributed by atoms with van der Waals surface area (Å²) >= 11 is 4.62. The molecule has 1 heterocycles. The van der Waals surface area contributed by atoms with E-state index in [2.05, 4.69) is 26.2 Å². The van der Waals surface area contributed by atoms with Gasteiger partial charge in [0.25, 0.3) is 0 Å². The van der Waals surface area contributed by atoms with E-state index in [1.54, 1.807) is 38.2 Å². The summed E-state index contributed by atoms with van der Waals surface area (Å²) in [7, 11) is 1.65. The summed E-state index contributed by atoms with van der Waals surface area (Å²) in [4.78, 5) is 42.8. The van der Waals surface area contributed by atoms with Gasteiger partial charge in [0.1, 0.15) is 5.25 Å². The van der Waals surface area contributed by atoms with Crippen LogP contribution in [0.15, 0.2) is 58.0 Å². The van der Waals surface area contributed by atoms with E-state index in [1.165, 1.54) is 16.7 Å². The van der Waals surface area contributed by atoms with Crippen molar-refractivity contribution in [1.29, 1.82) is 0 Å². The quantitative estimate of drug-likeness (QED) is 0.635. The molecule has 0 radical (unpaired) electrons. The molecule has 0 aromatic heterocycles. The Bertz CT molecular complexity index is 977. The van der Waals surface area contributed by atoms with Gasteiger partial charge in [-0.2, -0.15) is 0 Å². The molecule has 156 valence electrons. The lowest BCUT2D eigenvalue weighted by Crippen LogP contribution is -2.43. The Morgan fingerprint density at radius 1 is 1.20 bits per heavy atom. The van der Waals surface area contributed by atoms with Crippen LogP contribution in [0.4, 0.5) is 11.4 Å². The maximum atomic E-state index is 12.7. The van der Waals surface area contributed by atoms with Crippen molar-refractivity contribution in [2.45, 2.75) is 18.6 Å². The minimum absolute atomic E-state index is 0.0767. The van der Waals surface area contributed by atoms with Crippen molar-refractivity contribution in [3.05, 3.63) is 58.6 Å². The van der Waals surface area contributed by atoms with E-state index < -0.39 is 11.2 Å². The molecular weight excluding hydrogens is 470 g/mol. The van der Waals surface area contributed by atoms with E-state index in [-0.39, 0.29) is 18.2 Å². The SMILES string of the molecule is CCOC(=O)c1ccc(NC(=O)C2CC(=O)N(C)C(=Nc3ccc(Br)cc3)S2)cc1. The van der Waals surface area contributed by atoms with Crippen LogP contribution in [-0.2, 0) is 14.3 Å². The number of nitrogens with zero attached hydrogens (tertiary/aromatic N) is 2. The highest BCUT2D eigenvalue weighted by molar-refractivity contribution is 9.10. The highest BCUT2D eigenvalue weighted by Crippen LogP contribution is 2.29. The number of carbonyl (C=O) groups is 3. The number of nitrogens with one attached hydrogen (secondary N) is 1. The van der Waals surface area contributed by atoms with E-state index in [0.717, 1.165) is 4.47 Å². The summed E-state index contributed by atoms with van der Waals surface area (Å²) in [5, 5.41) is 2.65. The van der Waals surface area contributed by atoms with Crippen LogP contribution in [0.1, 0.15) is 23.7 Å². The lowest BCUT2D eigenvalue weighted by Gasteiger charge is -2.28. The zero-order valence-electron chi connectivity index (χ0n) is 16.4. The fourth-order valence-corrected chi connectivity index (χ4v) is 3.98. The van der Waals surface area contributed by atoms with Crippen molar-refractivity contribution in [2.24, 2.45) is 4.99 Å². The number of carbonyl (C=O) groups excluding carboxylic acids is 3. The molecule has 7 nitrogen and oxygen atoms in total. The molecule has 2 aromatic carbocycles. The first-order chi connectivity index (χ1) is 14.4. The lowest BCUT2D eigenvalue weighted by molar-refractivity contribution is -0.128. The van der Waals surface area contributed by atoms with E-state index in [0.29, 0.717) is 28.7 Å². The molecule has 30 heavy (non-hydrogen) atoms. The van der Waals surface area contributed by atoms with Crippen molar-refractivity contribution in [3.63, 3.8) is 0 Å².